The lowest BCUT2D eigenvalue weighted by molar-refractivity contribution is 0.0998. The van der Waals surface area contributed by atoms with Crippen molar-refractivity contribution in [3.05, 3.63) is 109 Å². The average molecular weight is 430 g/mol. The SMILES string of the molecule is O=C(Nc1ccc2oc(-c3ccc(-c4ccccc4)cc3)nc2c1)c1cc2ccccc2o1. The minimum Gasteiger partial charge on any atom is -0.451 e. The lowest BCUT2D eigenvalue weighted by Crippen LogP contribution is -2.10. The predicted octanol–water partition coefficient (Wildman–Crippen LogP) is 7.16. The minimum absolute atomic E-state index is 0.260. The van der Waals surface area contributed by atoms with Gasteiger partial charge in [0.1, 0.15) is 11.1 Å². The summed E-state index contributed by atoms with van der Waals surface area (Å²) in [4.78, 5) is 17.3. The molecule has 0 atom stereocenters. The Morgan fingerprint density at radius 1 is 0.667 bits per heavy atom. The summed E-state index contributed by atoms with van der Waals surface area (Å²) in [6.07, 6.45) is 0. The molecule has 0 spiro atoms. The first-order valence-corrected chi connectivity index (χ1v) is 10.6. The maximum absolute atomic E-state index is 12.6. The number of nitrogens with zero attached hydrogens (tertiary/aromatic N) is 1. The summed E-state index contributed by atoms with van der Waals surface area (Å²) in [6.45, 7) is 0. The van der Waals surface area contributed by atoms with E-state index in [4.69, 9.17) is 8.83 Å². The van der Waals surface area contributed by atoms with E-state index in [0.29, 0.717) is 28.3 Å². The molecule has 2 aromatic heterocycles. The molecule has 0 unspecified atom stereocenters. The second-order valence-electron chi connectivity index (χ2n) is 7.75. The summed E-state index contributed by atoms with van der Waals surface area (Å²) >= 11 is 0. The van der Waals surface area contributed by atoms with Gasteiger partial charge in [0.2, 0.25) is 5.89 Å². The van der Waals surface area contributed by atoms with Crippen molar-refractivity contribution in [1.82, 2.24) is 4.98 Å². The van der Waals surface area contributed by atoms with Gasteiger partial charge in [0.05, 0.1) is 0 Å². The van der Waals surface area contributed by atoms with Crippen LogP contribution in [0.5, 0.6) is 0 Å². The van der Waals surface area contributed by atoms with Crippen LogP contribution in [-0.2, 0) is 0 Å². The third kappa shape index (κ3) is 3.66. The Morgan fingerprint density at radius 2 is 1.39 bits per heavy atom. The molecule has 0 bridgehead atoms. The van der Waals surface area contributed by atoms with Gasteiger partial charge in [-0.3, -0.25) is 4.79 Å². The van der Waals surface area contributed by atoms with Crippen LogP contribution in [0.25, 0.3) is 44.7 Å². The summed E-state index contributed by atoms with van der Waals surface area (Å²) in [7, 11) is 0. The van der Waals surface area contributed by atoms with Crippen molar-refractivity contribution in [2.75, 3.05) is 5.32 Å². The van der Waals surface area contributed by atoms with Gasteiger partial charge in [-0.1, -0.05) is 60.7 Å². The quantitative estimate of drug-likeness (QED) is 0.322. The summed E-state index contributed by atoms with van der Waals surface area (Å²) in [5.74, 6) is 0.479. The number of nitrogens with one attached hydrogen (secondary N) is 1. The monoisotopic (exact) mass is 430 g/mol. The number of furan rings is 1. The van der Waals surface area contributed by atoms with Gasteiger partial charge in [0.15, 0.2) is 11.3 Å². The van der Waals surface area contributed by atoms with Gasteiger partial charge in [-0.2, -0.15) is 0 Å². The van der Waals surface area contributed by atoms with Crippen molar-refractivity contribution in [1.29, 1.82) is 0 Å². The molecule has 158 valence electrons. The predicted molar refractivity (Wildman–Crippen MR) is 129 cm³/mol. The van der Waals surface area contributed by atoms with E-state index in [0.717, 1.165) is 22.1 Å². The smallest absolute Gasteiger partial charge is 0.291 e. The van der Waals surface area contributed by atoms with Crippen molar-refractivity contribution in [3.63, 3.8) is 0 Å². The first kappa shape index (κ1) is 19.1. The highest BCUT2D eigenvalue weighted by Crippen LogP contribution is 2.29. The van der Waals surface area contributed by atoms with Gasteiger partial charge in [-0.05, 0) is 53.6 Å². The fourth-order valence-electron chi connectivity index (χ4n) is 3.85. The summed E-state index contributed by atoms with van der Waals surface area (Å²) < 4.78 is 11.6. The number of anilines is 1. The van der Waals surface area contributed by atoms with E-state index in [1.807, 2.05) is 54.6 Å². The first-order chi connectivity index (χ1) is 16.2. The molecule has 6 aromatic rings. The molecule has 0 aliphatic carbocycles. The fraction of sp³-hybridized carbons (Fsp3) is 0. The van der Waals surface area contributed by atoms with Crippen molar-refractivity contribution in [3.8, 4) is 22.6 Å². The lowest BCUT2D eigenvalue weighted by atomic mass is 10.0. The van der Waals surface area contributed by atoms with E-state index in [2.05, 4.69) is 34.6 Å². The number of hydrogen-bond acceptors (Lipinski definition) is 4. The molecule has 5 heteroatoms. The second kappa shape index (κ2) is 7.80. The van der Waals surface area contributed by atoms with Crippen LogP contribution in [0.15, 0.2) is 112 Å². The Hall–Kier alpha value is -4.64. The zero-order chi connectivity index (χ0) is 22.2. The number of hydrogen-bond donors (Lipinski definition) is 1. The van der Waals surface area contributed by atoms with E-state index in [-0.39, 0.29) is 11.7 Å². The highest BCUT2D eigenvalue weighted by molar-refractivity contribution is 6.05. The van der Waals surface area contributed by atoms with Crippen LogP contribution in [-0.4, -0.2) is 10.9 Å². The van der Waals surface area contributed by atoms with E-state index in [1.54, 1.807) is 24.3 Å². The van der Waals surface area contributed by atoms with Crippen LogP contribution in [0.2, 0.25) is 0 Å². The molecule has 4 aromatic carbocycles. The van der Waals surface area contributed by atoms with Crippen molar-refractivity contribution >= 4 is 33.7 Å². The second-order valence-corrected chi connectivity index (χ2v) is 7.75. The first-order valence-electron chi connectivity index (χ1n) is 10.6. The molecule has 33 heavy (non-hydrogen) atoms. The lowest BCUT2D eigenvalue weighted by Gasteiger charge is -2.02. The van der Waals surface area contributed by atoms with E-state index in [1.165, 1.54) is 0 Å². The highest BCUT2D eigenvalue weighted by atomic mass is 16.4. The van der Waals surface area contributed by atoms with Crippen LogP contribution >= 0.6 is 0 Å². The van der Waals surface area contributed by atoms with E-state index in [9.17, 15) is 4.79 Å². The van der Waals surface area contributed by atoms with Crippen LogP contribution < -0.4 is 5.32 Å². The van der Waals surface area contributed by atoms with Crippen LogP contribution in [0, 0.1) is 0 Å². The van der Waals surface area contributed by atoms with Crippen LogP contribution in [0.4, 0.5) is 5.69 Å². The Bertz CT molecular complexity index is 1560. The van der Waals surface area contributed by atoms with Crippen LogP contribution in [0.1, 0.15) is 10.6 Å². The number of carbonyl (C=O) groups is 1. The molecular formula is C28H18N2O3. The molecule has 0 aliphatic heterocycles. The van der Waals surface area contributed by atoms with Gasteiger partial charge >= 0.3 is 0 Å². The Balaban J connectivity index is 1.24. The molecule has 0 saturated carbocycles. The van der Waals surface area contributed by atoms with E-state index < -0.39 is 0 Å². The number of amides is 1. The highest BCUT2D eigenvalue weighted by Gasteiger charge is 2.14. The molecule has 0 saturated heterocycles. The number of fused-ring (bicyclic) bond motifs is 2. The molecular weight excluding hydrogens is 412 g/mol. The molecule has 1 N–H and O–H groups in total. The standard InChI is InChI=1S/C28H18N2O3/c31-27(26-16-21-8-4-5-9-24(21)32-26)29-22-14-15-25-23(17-22)30-28(33-25)20-12-10-19(11-13-20)18-6-2-1-3-7-18/h1-17H,(H,29,31). The number of rotatable bonds is 4. The third-order valence-corrected chi connectivity index (χ3v) is 5.53. The van der Waals surface area contributed by atoms with Gasteiger partial charge < -0.3 is 14.2 Å². The number of oxazole rings is 1. The van der Waals surface area contributed by atoms with Gasteiger partial charge in [-0.25, -0.2) is 4.98 Å². The molecule has 6 rings (SSSR count). The fourth-order valence-corrected chi connectivity index (χ4v) is 3.85. The third-order valence-electron chi connectivity index (χ3n) is 5.53. The molecule has 5 nitrogen and oxygen atoms in total. The average Bonchev–Trinajstić information content (AvgIpc) is 3.49. The summed E-state index contributed by atoms with van der Waals surface area (Å²) in [5, 5.41) is 3.76. The number of aromatic nitrogens is 1. The van der Waals surface area contributed by atoms with Gasteiger partial charge in [-0.15, -0.1) is 0 Å². The molecule has 1 amide bonds. The summed E-state index contributed by atoms with van der Waals surface area (Å²) in [6, 6.07) is 33.0. The Kier molecular flexibility index (Phi) is 4.51. The largest absolute Gasteiger partial charge is 0.451 e. The van der Waals surface area contributed by atoms with Gasteiger partial charge in [0.25, 0.3) is 5.91 Å². The number of para-hydroxylation sites is 1. The van der Waals surface area contributed by atoms with Crippen molar-refractivity contribution in [2.24, 2.45) is 0 Å². The number of benzene rings is 4. The molecule has 0 fully saturated rings. The molecule has 2 heterocycles. The maximum atomic E-state index is 12.6. The summed E-state index contributed by atoms with van der Waals surface area (Å²) in [5.41, 5.74) is 5.79. The number of carbonyl (C=O) groups excluding carboxylic acids is 1. The van der Waals surface area contributed by atoms with Gasteiger partial charge in [0, 0.05) is 16.6 Å². The maximum Gasteiger partial charge on any atom is 0.291 e. The normalized spacial score (nSPS) is 11.2. The Morgan fingerprint density at radius 3 is 2.21 bits per heavy atom. The zero-order valence-electron chi connectivity index (χ0n) is 17.5. The van der Waals surface area contributed by atoms with Crippen molar-refractivity contribution < 1.29 is 13.6 Å². The topological polar surface area (TPSA) is 68.3 Å². The van der Waals surface area contributed by atoms with Crippen molar-refractivity contribution in [2.45, 2.75) is 0 Å². The minimum atomic E-state index is -0.314. The molecule has 0 aliphatic rings. The van der Waals surface area contributed by atoms with E-state index >= 15 is 0 Å². The zero-order valence-corrected chi connectivity index (χ0v) is 17.5. The Labute approximate surface area is 189 Å². The van der Waals surface area contributed by atoms with Crippen LogP contribution in [0.3, 0.4) is 0 Å². The molecule has 0 radical (unpaired) electrons.